The van der Waals surface area contributed by atoms with Crippen LogP contribution in [0.25, 0.3) is 0 Å². The van der Waals surface area contributed by atoms with Gasteiger partial charge in [-0.15, -0.1) is 0 Å². The van der Waals surface area contributed by atoms with Crippen LogP contribution in [0, 0.1) is 0 Å². The van der Waals surface area contributed by atoms with Gasteiger partial charge in [-0.3, -0.25) is 0 Å². The van der Waals surface area contributed by atoms with Crippen molar-refractivity contribution in [3.63, 3.8) is 0 Å². The molecule has 0 unspecified atom stereocenters. The highest BCUT2D eigenvalue weighted by Gasteiger charge is 2.00. The zero-order valence-corrected chi connectivity index (χ0v) is 5.03. The summed E-state index contributed by atoms with van der Waals surface area (Å²) < 4.78 is 19.2. The van der Waals surface area contributed by atoms with Crippen molar-refractivity contribution in [2.45, 2.75) is 6.92 Å². The molecule has 0 spiro atoms. The molecule has 0 rings (SSSR count). The van der Waals surface area contributed by atoms with Crippen LogP contribution < -0.4 is 9.86 Å². The lowest BCUT2D eigenvalue weighted by molar-refractivity contribution is -0.188. The highest BCUT2D eigenvalue weighted by molar-refractivity contribution is 8.16. The van der Waals surface area contributed by atoms with E-state index in [0.29, 0.717) is 6.54 Å². The molecule has 0 heterocycles. The fraction of sp³-hybridized carbons (Fsp3) is 1.00. The predicted molar refractivity (Wildman–Crippen MR) is 29.4 cm³/mol. The fourth-order valence-electron chi connectivity index (χ4n) is 0.231. The molecule has 0 fully saturated rings. The third kappa shape index (κ3) is 6.19. The summed E-state index contributed by atoms with van der Waals surface area (Å²) in [6, 6.07) is 0. The van der Waals surface area contributed by atoms with Crippen LogP contribution in [0.3, 0.4) is 0 Å². The summed E-state index contributed by atoms with van der Waals surface area (Å²) in [4.78, 5) is 0. The van der Waals surface area contributed by atoms with Gasteiger partial charge >= 0.3 is 0 Å². The third-order valence-electron chi connectivity index (χ3n) is 0.375. The predicted octanol–water partition coefficient (Wildman–Crippen LogP) is -0.582. The summed E-state index contributed by atoms with van der Waals surface area (Å²) >= 11 is 0. The Hall–Kier alpha value is 0.190. The van der Waals surface area contributed by atoms with Crippen molar-refractivity contribution in [3.05, 3.63) is 0 Å². The topological polar surface area (TPSA) is 80.1 Å². The second-order valence-electron chi connectivity index (χ2n) is 1.16. The summed E-state index contributed by atoms with van der Waals surface area (Å²) in [5, 5.41) is 3.04. The van der Waals surface area contributed by atoms with Gasteiger partial charge in [0.1, 0.15) is 0 Å². The quantitative estimate of drug-likeness (QED) is 0.400. The second kappa shape index (κ2) is 2.49. The molecule has 0 saturated carbocycles. The van der Waals surface area contributed by atoms with E-state index < -0.39 is 11.0 Å². The molecule has 7 heavy (non-hydrogen) atoms. The molecule has 46 valence electrons. The lowest BCUT2D eigenvalue weighted by Crippen LogP contribution is -2.57. The van der Waals surface area contributed by atoms with E-state index in [9.17, 15) is 0 Å². The van der Waals surface area contributed by atoms with E-state index in [-0.39, 0.29) is 0 Å². The molecule has 4 nitrogen and oxygen atoms in total. The molecule has 0 aromatic heterocycles. The first-order valence-electron chi connectivity index (χ1n) is 1.92. The van der Waals surface area contributed by atoms with E-state index >= 15 is 0 Å². The van der Waals surface area contributed by atoms with Gasteiger partial charge in [0.05, 0.1) is 0 Å². The highest BCUT2D eigenvalue weighted by atomic mass is 32.3. The Balaban J connectivity index is 3.15. The molecule has 0 radical (unpaired) electrons. The van der Waals surface area contributed by atoms with Crippen LogP contribution in [0.15, 0.2) is 0 Å². The van der Waals surface area contributed by atoms with Gasteiger partial charge in [0.2, 0.25) is 0 Å². The minimum absolute atomic E-state index is 0.534. The van der Waals surface area contributed by atoms with Gasteiger partial charge in [-0.05, 0) is 11.0 Å². The van der Waals surface area contributed by atoms with E-state index in [0.717, 1.165) is 0 Å². The summed E-state index contributed by atoms with van der Waals surface area (Å²) in [5.74, 6) is 0. The summed E-state index contributed by atoms with van der Waals surface area (Å²) in [6.45, 7) is 2.31. The average Bonchev–Trinajstić information content (AvgIpc) is 1.30. The molecule has 0 aromatic rings. The smallest absolute Gasteiger partial charge is 0.0167 e. The minimum Gasteiger partial charge on any atom is -0.245 e. The van der Waals surface area contributed by atoms with E-state index in [4.69, 9.17) is 9.11 Å². The Labute approximate surface area is 44.3 Å². The lowest BCUT2D eigenvalue weighted by Gasteiger charge is -2.21. The van der Waals surface area contributed by atoms with Crippen LogP contribution in [-0.2, 0) is 0 Å². The van der Waals surface area contributed by atoms with E-state index in [1.54, 1.807) is 6.92 Å². The summed E-state index contributed by atoms with van der Waals surface area (Å²) in [7, 11) is -2.67. The van der Waals surface area contributed by atoms with E-state index in [2.05, 4.69) is 9.86 Å². The van der Waals surface area contributed by atoms with Gasteiger partial charge in [-0.2, -0.15) is 4.72 Å². The summed E-state index contributed by atoms with van der Waals surface area (Å²) in [6.07, 6.45) is 0. The monoisotopic (exact) mass is 127 g/mol. The molecular formula is C2H11N2O2S+. The van der Waals surface area contributed by atoms with Crippen LogP contribution in [0.5, 0.6) is 0 Å². The zero-order chi connectivity index (χ0) is 5.91. The molecule has 5 heteroatoms. The molecular weight excluding hydrogens is 116 g/mol. The van der Waals surface area contributed by atoms with Gasteiger partial charge in [-0.25, -0.2) is 14.2 Å². The summed E-state index contributed by atoms with van der Waals surface area (Å²) in [5.41, 5.74) is 0. The molecule has 0 aromatic carbocycles. The van der Waals surface area contributed by atoms with Gasteiger partial charge in [-0.1, -0.05) is 6.92 Å². The maximum Gasteiger partial charge on any atom is 0.0167 e. The van der Waals surface area contributed by atoms with Crippen molar-refractivity contribution in [2.24, 2.45) is 0 Å². The zero-order valence-electron chi connectivity index (χ0n) is 4.22. The van der Waals surface area contributed by atoms with Crippen molar-refractivity contribution in [1.29, 1.82) is 0 Å². The Morgan fingerprint density at radius 3 is 2.14 bits per heavy atom. The van der Waals surface area contributed by atoms with E-state index in [1.807, 2.05) is 0 Å². The lowest BCUT2D eigenvalue weighted by atomic mass is 10.8. The van der Waals surface area contributed by atoms with Crippen molar-refractivity contribution < 1.29 is 14.2 Å². The van der Waals surface area contributed by atoms with Gasteiger partial charge in [0.15, 0.2) is 0 Å². The molecule has 0 amide bonds. The van der Waals surface area contributed by atoms with Crippen LogP contribution in [0.4, 0.5) is 0 Å². The Morgan fingerprint density at radius 2 is 2.14 bits per heavy atom. The molecule has 0 aliphatic heterocycles. The molecule has 0 bridgehead atoms. The van der Waals surface area contributed by atoms with Gasteiger partial charge < -0.3 is 0 Å². The highest BCUT2D eigenvalue weighted by Crippen LogP contribution is 2.15. The molecule has 0 atom stereocenters. The SMILES string of the molecule is CCNS([NH3+])(O)O. The van der Waals surface area contributed by atoms with Crippen molar-refractivity contribution in [1.82, 2.24) is 4.72 Å². The number of hydrogen-bond acceptors (Lipinski definition) is 3. The van der Waals surface area contributed by atoms with Crippen LogP contribution in [0.1, 0.15) is 6.92 Å². The second-order valence-corrected chi connectivity index (χ2v) is 2.79. The average molecular weight is 127 g/mol. The fourth-order valence-corrected chi connectivity index (χ4v) is 0.693. The van der Waals surface area contributed by atoms with Crippen LogP contribution >= 0.6 is 11.0 Å². The molecule has 0 saturated heterocycles. The third-order valence-corrected chi connectivity index (χ3v) is 1.13. The van der Waals surface area contributed by atoms with Crippen LogP contribution in [-0.4, -0.2) is 15.7 Å². The Bertz CT molecular complexity index is 52.1. The van der Waals surface area contributed by atoms with Crippen molar-refractivity contribution in [3.8, 4) is 0 Å². The van der Waals surface area contributed by atoms with E-state index in [1.165, 1.54) is 0 Å². The Morgan fingerprint density at radius 1 is 1.71 bits per heavy atom. The molecule has 0 aliphatic carbocycles. The largest absolute Gasteiger partial charge is 0.245 e. The minimum atomic E-state index is -2.67. The van der Waals surface area contributed by atoms with Crippen molar-refractivity contribution >= 4 is 11.0 Å². The normalized spacial score (nSPS) is 14.3. The van der Waals surface area contributed by atoms with Gasteiger partial charge in [0, 0.05) is 6.54 Å². The Kier molecular flexibility index (Phi) is 2.55. The number of quaternary nitrogens is 1. The molecule has 6 N–H and O–H groups in total. The van der Waals surface area contributed by atoms with Gasteiger partial charge in [0.25, 0.3) is 0 Å². The first-order chi connectivity index (χ1) is 3.06. The number of rotatable bonds is 2. The standard InChI is InChI=1S/C2H10N2O2S/c1-2-4-7(3,5)6/h4-6H,2-3H2,1H3/p+1. The number of hydrogen-bond donors (Lipinski definition) is 4. The molecule has 0 aliphatic rings. The maximum absolute atomic E-state index is 8.43. The number of nitrogens with one attached hydrogen (secondary N) is 1. The van der Waals surface area contributed by atoms with Crippen molar-refractivity contribution in [2.75, 3.05) is 6.54 Å². The first-order valence-corrected chi connectivity index (χ1v) is 3.63. The first kappa shape index (κ1) is 7.19. The van der Waals surface area contributed by atoms with Crippen LogP contribution in [0.2, 0.25) is 0 Å². The maximum atomic E-state index is 8.43.